The van der Waals surface area contributed by atoms with E-state index in [1.807, 2.05) is 55.5 Å². The second-order valence-corrected chi connectivity index (χ2v) is 8.42. The van der Waals surface area contributed by atoms with Gasteiger partial charge in [0.25, 0.3) is 5.91 Å². The zero-order chi connectivity index (χ0) is 21.8. The summed E-state index contributed by atoms with van der Waals surface area (Å²) in [6, 6.07) is 21.9. The quantitative estimate of drug-likeness (QED) is 0.515. The fraction of sp³-hybridized carbons (Fsp3) is 0.167. The largest absolute Gasteiger partial charge is 0.492 e. The zero-order valence-electron chi connectivity index (χ0n) is 16.9. The Labute approximate surface area is 190 Å². The Balaban J connectivity index is 1.61. The molecule has 0 bridgehead atoms. The van der Waals surface area contributed by atoms with Crippen molar-refractivity contribution in [2.75, 3.05) is 22.6 Å². The smallest absolute Gasteiger partial charge is 0.255 e. The van der Waals surface area contributed by atoms with Crippen LogP contribution >= 0.6 is 23.4 Å². The van der Waals surface area contributed by atoms with Gasteiger partial charge in [0.05, 0.1) is 18.0 Å². The first-order valence-electron chi connectivity index (χ1n) is 9.89. The van der Waals surface area contributed by atoms with Gasteiger partial charge in [-0.15, -0.1) is 11.8 Å². The summed E-state index contributed by atoms with van der Waals surface area (Å²) in [7, 11) is 0. The number of halogens is 1. The molecule has 0 spiro atoms. The number of amides is 2. The highest BCUT2D eigenvalue weighted by Crippen LogP contribution is 2.45. The Kier molecular flexibility index (Phi) is 6.49. The molecule has 5 nitrogen and oxygen atoms in total. The van der Waals surface area contributed by atoms with Gasteiger partial charge in [-0.2, -0.15) is 0 Å². The van der Waals surface area contributed by atoms with Crippen molar-refractivity contribution in [1.29, 1.82) is 0 Å². The minimum Gasteiger partial charge on any atom is -0.492 e. The molecule has 31 heavy (non-hydrogen) atoms. The maximum Gasteiger partial charge on any atom is 0.255 e. The second kappa shape index (κ2) is 9.45. The molecule has 1 aliphatic heterocycles. The number of para-hydroxylation sites is 2. The van der Waals surface area contributed by atoms with Crippen LogP contribution in [0.15, 0.2) is 72.8 Å². The Morgan fingerprint density at radius 1 is 1.13 bits per heavy atom. The summed E-state index contributed by atoms with van der Waals surface area (Å²) in [6.07, 6.45) is 0. The van der Waals surface area contributed by atoms with Crippen LogP contribution in [-0.4, -0.2) is 24.2 Å². The lowest BCUT2D eigenvalue weighted by molar-refractivity contribution is -0.115. The van der Waals surface area contributed by atoms with Crippen molar-refractivity contribution in [3.8, 4) is 5.75 Å². The number of hydrogen-bond donors (Lipinski definition) is 1. The summed E-state index contributed by atoms with van der Waals surface area (Å²) in [5.74, 6) is 0.838. The summed E-state index contributed by atoms with van der Waals surface area (Å²) in [5, 5.41) is 3.21. The van der Waals surface area contributed by atoms with Crippen LogP contribution in [0.1, 0.15) is 28.2 Å². The lowest BCUT2D eigenvalue weighted by Crippen LogP contribution is -2.28. The third-order valence-electron chi connectivity index (χ3n) is 4.81. The van der Waals surface area contributed by atoms with E-state index >= 15 is 0 Å². The third-order valence-corrected chi connectivity index (χ3v) is 6.26. The molecule has 0 unspecified atom stereocenters. The third kappa shape index (κ3) is 4.70. The van der Waals surface area contributed by atoms with Crippen LogP contribution < -0.4 is 15.0 Å². The molecule has 158 valence electrons. The van der Waals surface area contributed by atoms with Gasteiger partial charge in [0.2, 0.25) is 5.91 Å². The summed E-state index contributed by atoms with van der Waals surface area (Å²) in [5.41, 5.74) is 2.81. The van der Waals surface area contributed by atoms with Crippen LogP contribution in [0.5, 0.6) is 5.75 Å². The van der Waals surface area contributed by atoms with Gasteiger partial charge in [0.15, 0.2) is 0 Å². The van der Waals surface area contributed by atoms with E-state index in [0.29, 0.717) is 34.4 Å². The van der Waals surface area contributed by atoms with Crippen molar-refractivity contribution in [1.82, 2.24) is 0 Å². The Morgan fingerprint density at radius 2 is 1.94 bits per heavy atom. The molecule has 1 atom stereocenters. The van der Waals surface area contributed by atoms with E-state index in [0.717, 1.165) is 11.3 Å². The van der Waals surface area contributed by atoms with Crippen molar-refractivity contribution in [2.45, 2.75) is 12.3 Å². The van der Waals surface area contributed by atoms with Crippen molar-refractivity contribution in [2.24, 2.45) is 0 Å². The van der Waals surface area contributed by atoms with E-state index in [4.69, 9.17) is 16.3 Å². The molecule has 4 rings (SSSR count). The highest BCUT2D eigenvalue weighted by molar-refractivity contribution is 8.00. The Bertz CT molecular complexity index is 1120. The van der Waals surface area contributed by atoms with Gasteiger partial charge in [0.1, 0.15) is 11.1 Å². The average molecular weight is 453 g/mol. The van der Waals surface area contributed by atoms with Crippen molar-refractivity contribution < 1.29 is 14.3 Å². The first kappa shape index (κ1) is 21.3. The molecule has 1 N–H and O–H groups in total. The lowest BCUT2D eigenvalue weighted by atomic mass is 10.1. The molecule has 2 amide bonds. The molecular weight excluding hydrogens is 432 g/mol. The van der Waals surface area contributed by atoms with E-state index in [-0.39, 0.29) is 17.2 Å². The van der Waals surface area contributed by atoms with Gasteiger partial charge in [-0.05, 0) is 55.0 Å². The number of benzene rings is 3. The number of anilines is 2. The van der Waals surface area contributed by atoms with Gasteiger partial charge < -0.3 is 10.1 Å². The summed E-state index contributed by atoms with van der Waals surface area (Å²) in [4.78, 5) is 27.1. The predicted octanol–water partition coefficient (Wildman–Crippen LogP) is 5.77. The minimum atomic E-state index is -0.242. The standard InChI is InChI=1S/C24H21ClN2O3S/c1-2-30-21-12-4-3-11-20(21)27-22(28)15-31-24(27)17-8-6-10-19(14-17)26-23(29)16-7-5-9-18(25)13-16/h3-14,24H,2,15H2,1H3,(H,26,29)/t24-/m0/s1. The molecule has 1 aliphatic rings. The molecular formula is C24H21ClN2O3S. The predicted molar refractivity (Wildman–Crippen MR) is 126 cm³/mol. The zero-order valence-corrected chi connectivity index (χ0v) is 18.5. The van der Waals surface area contributed by atoms with E-state index < -0.39 is 0 Å². The molecule has 3 aromatic carbocycles. The number of nitrogens with zero attached hydrogens (tertiary/aromatic N) is 1. The lowest BCUT2D eigenvalue weighted by Gasteiger charge is -2.26. The number of thioether (sulfide) groups is 1. The van der Waals surface area contributed by atoms with Crippen molar-refractivity contribution >= 4 is 46.6 Å². The van der Waals surface area contributed by atoms with Gasteiger partial charge in [-0.25, -0.2) is 0 Å². The maximum atomic E-state index is 12.8. The van der Waals surface area contributed by atoms with E-state index in [9.17, 15) is 9.59 Å². The summed E-state index contributed by atoms with van der Waals surface area (Å²) >= 11 is 7.55. The number of carbonyl (C=O) groups excluding carboxylic acids is 2. The summed E-state index contributed by atoms with van der Waals surface area (Å²) < 4.78 is 5.75. The SMILES string of the molecule is CCOc1ccccc1N1C(=O)CS[C@H]1c1cccc(NC(=O)c2cccc(Cl)c2)c1. The van der Waals surface area contributed by atoms with Gasteiger partial charge in [-0.3, -0.25) is 14.5 Å². The van der Waals surface area contributed by atoms with Crippen LogP contribution in [0.2, 0.25) is 5.02 Å². The van der Waals surface area contributed by atoms with Gasteiger partial charge in [-0.1, -0.05) is 41.9 Å². The highest BCUT2D eigenvalue weighted by Gasteiger charge is 2.35. The molecule has 1 saturated heterocycles. The Hall–Kier alpha value is -2.96. The fourth-order valence-electron chi connectivity index (χ4n) is 3.47. The number of rotatable bonds is 6. The molecule has 0 aromatic heterocycles. The number of ether oxygens (including phenoxy) is 1. The van der Waals surface area contributed by atoms with Gasteiger partial charge >= 0.3 is 0 Å². The Morgan fingerprint density at radius 3 is 2.74 bits per heavy atom. The molecule has 0 aliphatic carbocycles. The highest BCUT2D eigenvalue weighted by atomic mass is 35.5. The molecule has 1 heterocycles. The van der Waals surface area contributed by atoms with Crippen LogP contribution in [0, 0.1) is 0 Å². The van der Waals surface area contributed by atoms with Crippen LogP contribution in [0.3, 0.4) is 0 Å². The molecule has 1 fully saturated rings. The molecule has 3 aromatic rings. The summed E-state index contributed by atoms with van der Waals surface area (Å²) in [6.45, 7) is 2.43. The molecule has 0 radical (unpaired) electrons. The van der Waals surface area contributed by atoms with Crippen LogP contribution in [0.25, 0.3) is 0 Å². The second-order valence-electron chi connectivity index (χ2n) is 6.92. The average Bonchev–Trinajstić information content (AvgIpc) is 3.16. The van der Waals surface area contributed by atoms with E-state index in [1.165, 1.54) is 0 Å². The first-order chi connectivity index (χ1) is 15.1. The van der Waals surface area contributed by atoms with Gasteiger partial charge in [0, 0.05) is 16.3 Å². The topological polar surface area (TPSA) is 58.6 Å². The number of hydrogen-bond acceptors (Lipinski definition) is 4. The first-order valence-corrected chi connectivity index (χ1v) is 11.3. The number of nitrogens with one attached hydrogen (secondary N) is 1. The van der Waals surface area contributed by atoms with Crippen molar-refractivity contribution in [3.63, 3.8) is 0 Å². The minimum absolute atomic E-state index is 0.0236. The van der Waals surface area contributed by atoms with Crippen LogP contribution in [0.4, 0.5) is 11.4 Å². The molecule has 0 saturated carbocycles. The maximum absolute atomic E-state index is 12.8. The normalized spacial score (nSPS) is 15.7. The van der Waals surface area contributed by atoms with Crippen molar-refractivity contribution in [3.05, 3.63) is 88.9 Å². The fourth-order valence-corrected chi connectivity index (χ4v) is 4.82. The van der Waals surface area contributed by atoms with Crippen LogP contribution in [-0.2, 0) is 4.79 Å². The van der Waals surface area contributed by atoms with E-state index in [2.05, 4.69) is 5.32 Å². The monoisotopic (exact) mass is 452 g/mol. The molecule has 7 heteroatoms. The van der Waals surface area contributed by atoms with E-state index in [1.54, 1.807) is 40.9 Å². The number of carbonyl (C=O) groups is 2.